The van der Waals surface area contributed by atoms with Crippen LogP contribution in [0, 0.1) is 6.92 Å². The van der Waals surface area contributed by atoms with Crippen LogP contribution in [0.1, 0.15) is 30.4 Å². The average Bonchev–Trinajstić information content (AvgIpc) is 3.22. The van der Waals surface area contributed by atoms with Gasteiger partial charge in [-0.1, -0.05) is 66.7 Å². The van der Waals surface area contributed by atoms with Crippen LogP contribution in [0.25, 0.3) is 39.6 Å². The largest absolute Gasteiger partial charge is 0.321 e. The Hall–Kier alpha value is -3.83. The monoisotopic (exact) mass is 431 g/mol. The Morgan fingerprint density at radius 3 is 2.27 bits per heavy atom. The van der Waals surface area contributed by atoms with Crippen LogP contribution in [0.4, 0.5) is 0 Å². The highest BCUT2D eigenvalue weighted by Gasteiger charge is 2.34. The molecule has 162 valence electrons. The molecule has 2 heterocycles. The molecule has 33 heavy (non-hydrogen) atoms. The van der Waals surface area contributed by atoms with Crippen molar-refractivity contribution in [3.63, 3.8) is 0 Å². The van der Waals surface area contributed by atoms with Gasteiger partial charge in [0.05, 0.1) is 6.20 Å². The van der Waals surface area contributed by atoms with Gasteiger partial charge in [0.2, 0.25) is 0 Å². The van der Waals surface area contributed by atoms with Gasteiger partial charge in [-0.25, -0.2) is 15.0 Å². The molecule has 0 amide bonds. The van der Waals surface area contributed by atoms with E-state index in [4.69, 9.17) is 15.7 Å². The number of hydrogen-bond donors (Lipinski definition) is 1. The Kier molecular flexibility index (Phi) is 4.59. The van der Waals surface area contributed by atoms with Gasteiger partial charge in [0.15, 0.2) is 11.5 Å². The number of nitrogens with two attached hydrogens (primary N) is 1. The summed E-state index contributed by atoms with van der Waals surface area (Å²) < 4.78 is 2.14. The van der Waals surface area contributed by atoms with Crippen LogP contribution in [0.5, 0.6) is 0 Å². The zero-order valence-corrected chi connectivity index (χ0v) is 18.6. The first-order valence-corrected chi connectivity index (χ1v) is 11.4. The topological polar surface area (TPSA) is 69.6 Å². The minimum Gasteiger partial charge on any atom is -0.321 e. The zero-order valence-electron chi connectivity index (χ0n) is 18.6. The molecule has 1 aliphatic carbocycles. The third-order valence-corrected chi connectivity index (χ3v) is 6.76. The first kappa shape index (κ1) is 19.8. The lowest BCUT2D eigenvalue weighted by atomic mass is 9.73. The highest BCUT2D eigenvalue weighted by Crippen LogP contribution is 2.39. The second-order valence-corrected chi connectivity index (χ2v) is 8.91. The molecule has 0 radical (unpaired) electrons. The lowest BCUT2D eigenvalue weighted by molar-refractivity contribution is 0.253. The van der Waals surface area contributed by atoms with Crippen LogP contribution in [-0.2, 0) is 5.54 Å². The van der Waals surface area contributed by atoms with Crippen molar-refractivity contribution in [2.45, 2.75) is 31.7 Å². The third kappa shape index (κ3) is 3.33. The maximum atomic E-state index is 6.57. The lowest BCUT2D eigenvalue weighted by Crippen LogP contribution is -2.43. The minimum absolute atomic E-state index is 0.183. The van der Waals surface area contributed by atoms with E-state index in [1.807, 2.05) is 48.7 Å². The molecule has 2 aromatic heterocycles. The summed E-state index contributed by atoms with van der Waals surface area (Å²) in [5, 5.41) is 0. The smallest absolute Gasteiger partial charge is 0.169 e. The number of aryl methyl sites for hydroxylation is 1. The molecule has 0 saturated heterocycles. The quantitative estimate of drug-likeness (QED) is 0.391. The number of nitrogens with zero attached hydrogens (tertiary/aromatic N) is 4. The maximum Gasteiger partial charge on any atom is 0.169 e. The van der Waals surface area contributed by atoms with Crippen molar-refractivity contribution in [3.05, 3.63) is 96.2 Å². The Labute approximate surface area is 193 Å². The fourth-order valence-corrected chi connectivity index (χ4v) is 4.64. The van der Waals surface area contributed by atoms with Gasteiger partial charge in [-0.15, -0.1) is 0 Å². The van der Waals surface area contributed by atoms with E-state index in [1.165, 1.54) is 12.0 Å². The Morgan fingerprint density at radius 1 is 0.848 bits per heavy atom. The van der Waals surface area contributed by atoms with Gasteiger partial charge in [0.25, 0.3) is 0 Å². The molecular weight excluding hydrogens is 406 g/mol. The lowest BCUT2D eigenvalue weighted by Gasteiger charge is -2.38. The number of benzene rings is 3. The molecule has 5 heteroatoms. The van der Waals surface area contributed by atoms with E-state index >= 15 is 0 Å². The summed E-state index contributed by atoms with van der Waals surface area (Å²) in [6.07, 6.45) is 5.10. The first-order valence-electron chi connectivity index (χ1n) is 11.4. The molecule has 2 N–H and O–H groups in total. The van der Waals surface area contributed by atoms with Crippen molar-refractivity contribution in [3.8, 4) is 28.5 Å². The third-order valence-electron chi connectivity index (χ3n) is 6.76. The number of imidazole rings is 1. The summed E-state index contributed by atoms with van der Waals surface area (Å²) in [7, 11) is 0. The minimum atomic E-state index is -0.183. The number of rotatable bonds is 4. The standard InChI is InChI=1S/C28H25N5/c1-19-8-5-6-11-23(19)26-31-24-18-30-25(20-9-3-2-4-10-20)32-27(24)33(26)22-14-12-21(13-15-22)28(29)16-7-17-28/h2-6,8-15,18H,7,16-17,29H2,1H3. The summed E-state index contributed by atoms with van der Waals surface area (Å²) >= 11 is 0. The van der Waals surface area contributed by atoms with Gasteiger partial charge in [0, 0.05) is 22.4 Å². The average molecular weight is 432 g/mol. The molecule has 5 aromatic rings. The fraction of sp³-hybridized carbons (Fsp3) is 0.179. The van der Waals surface area contributed by atoms with Gasteiger partial charge in [-0.2, -0.15) is 0 Å². The Balaban J connectivity index is 1.57. The molecule has 1 aliphatic rings. The molecule has 0 atom stereocenters. The van der Waals surface area contributed by atoms with Crippen LogP contribution in [0.3, 0.4) is 0 Å². The molecule has 1 saturated carbocycles. The van der Waals surface area contributed by atoms with Crippen LogP contribution < -0.4 is 5.73 Å². The van der Waals surface area contributed by atoms with E-state index in [0.717, 1.165) is 52.2 Å². The van der Waals surface area contributed by atoms with Crippen molar-refractivity contribution in [2.75, 3.05) is 0 Å². The van der Waals surface area contributed by atoms with E-state index in [-0.39, 0.29) is 5.54 Å². The molecule has 1 fully saturated rings. The van der Waals surface area contributed by atoms with Crippen molar-refractivity contribution < 1.29 is 0 Å². The van der Waals surface area contributed by atoms with Crippen LogP contribution >= 0.6 is 0 Å². The second-order valence-electron chi connectivity index (χ2n) is 8.91. The van der Waals surface area contributed by atoms with Gasteiger partial charge in [-0.3, -0.25) is 4.57 Å². The molecule has 5 nitrogen and oxygen atoms in total. The molecule has 6 rings (SSSR count). The Morgan fingerprint density at radius 2 is 1.58 bits per heavy atom. The summed E-state index contributed by atoms with van der Waals surface area (Å²) in [5.41, 5.74) is 13.4. The summed E-state index contributed by atoms with van der Waals surface area (Å²) in [5.74, 6) is 1.55. The first-order chi connectivity index (χ1) is 16.1. The summed E-state index contributed by atoms with van der Waals surface area (Å²) in [6.45, 7) is 2.11. The van der Waals surface area contributed by atoms with Crippen molar-refractivity contribution in [2.24, 2.45) is 5.73 Å². The number of hydrogen-bond acceptors (Lipinski definition) is 4. The van der Waals surface area contributed by atoms with Crippen molar-refractivity contribution in [1.82, 2.24) is 19.5 Å². The normalized spacial score (nSPS) is 14.8. The number of fused-ring (bicyclic) bond motifs is 1. The van der Waals surface area contributed by atoms with E-state index < -0.39 is 0 Å². The van der Waals surface area contributed by atoms with Gasteiger partial charge < -0.3 is 5.73 Å². The van der Waals surface area contributed by atoms with E-state index in [1.54, 1.807) is 0 Å². The summed E-state index contributed by atoms with van der Waals surface area (Å²) in [4.78, 5) is 14.5. The predicted molar refractivity (Wildman–Crippen MR) is 132 cm³/mol. The van der Waals surface area contributed by atoms with Gasteiger partial charge in [-0.05, 0) is 49.4 Å². The fourth-order valence-electron chi connectivity index (χ4n) is 4.64. The van der Waals surface area contributed by atoms with Gasteiger partial charge in [0.1, 0.15) is 11.3 Å². The van der Waals surface area contributed by atoms with Crippen LogP contribution in [-0.4, -0.2) is 19.5 Å². The van der Waals surface area contributed by atoms with Crippen LogP contribution in [0.15, 0.2) is 85.1 Å². The predicted octanol–water partition coefficient (Wildman–Crippen LogP) is 5.80. The van der Waals surface area contributed by atoms with Crippen molar-refractivity contribution >= 4 is 11.2 Å². The highest BCUT2D eigenvalue weighted by atomic mass is 15.2. The van der Waals surface area contributed by atoms with Gasteiger partial charge >= 0.3 is 0 Å². The molecule has 0 unspecified atom stereocenters. The Bertz CT molecular complexity index is 1450. The summed E-state index contributed by atoms with van der Waals surface area (Å²) in [6, 6.07) is 26.9. The zero-order chi connectivity index (χ0) is 22.4. The molecule has 0 aliphatic heterocycles. The molecule has 0 spiro atoms. The molecular formula is C28H25N5. The number of aromatic nitrogens is 4. The SMILES string of the molecule is Cc1ccccc1-c1nc2cnc(-c3ccccc3)nc2n1-c1ccc(C2(N)CCC2)cc1. The molecule has 0 bridgehead atoms. The maximum absolute atomic E-state index is 6.57. The van der Waals surface area contributed by atoms with E-state index in [0.29, 0.717) is 5.82 Å². The van der Waals surface area contributed by atoms with E-state index in [9.17, 15) is 0 Å². The van der Waals surface area contributed by atoms with E-state index in [2.05, 4.69) is 52.9 Å². The van der Waals surface area contributed by atoms with Crippen molar-refractivity contribution in [1.29, 1.82) is 0 Å². The highest BCUT2D eigenvalue weighted by molar-refractivity contribution is 5.81. The molecule has 3 aromatic carbocycles. The van der Waals surface area contributed by atoms with Crippen LogP contribution in [0.2, 0.25) is 0 Å². The second kappa shape index (κ2) is 7.64.